The molecule has 190 valence electrons. The Balaban J connectivity index is 1.29. The van der Waals surface area contributed by atoms with E-state index in [4.69, 9.17) is 17.3 Å². The third-order valence-electron chi connectivity index (χ3n) is 7.09. The maximum absolute atomic E-state index is 13.1. The number of fused-ring (bicyclic) bond motifs is 1. The minimum Gasteiger partial charge on any atom is -0.598 e. The lowest BCUT2D eigenvalue weighted by Crippen LogP contribution is -2.49. The summed E-state index contributed by atoms with van der Waals surface area (Å²) in [5.74, 6) is 0.323. The fraction of sp³-hybridized carbons (Fsp3) is 0.423. The number of piperidine rings is 1. The van der Waals surface area contributed by atoms with Crippen molar-refractivity contribution in [1.82, 2.24) is 19.7 Å². The zero-order valence-corrected chi connectivity index (χ0v) is 23.1. The van der Waals surface area contributed by atoms with Gasteiger partial charge >= 0.3 is 0 Å². The summed E-state index contributed by atoms with van der Waals surface area (Å²) in [7, 11) is 0. The van der Waals surface area contributed by atoms with Crippen LogP contribution in [0.15, 0.2) is 58.8 Å². The van der Waals surface area contributed by atoms with Crippen LogP contribution in [0.1, 0.15) is 50.9 Å². The van der Waals surface area contributed by atoms with Crippen molar-refractivity contribution in [2.45, 2.75) is 60.7 Å². The fourth-order valence-corrected chi connectivity index (χ4v) is 6.99. The molecular formula is C26H31ClN6OS2. The summed E-state index contributed by atoms with van der Waals surface area (Å²) in [4.78, 5) is 16.6. The smallest absolute Gasteiger partial charge is 0.143 e. The van der Waals surface area contributed by atoms with Crippen LogP contribution >= 0.6 is 23.4 Å². The van der Waals surface area contributed by atoms with Gasteiger partial charge in [-0.15, -0.1) is 4.72 Å². The summed E-state index contributed by atoms with van der Waals surface area (Å²) in [5, 5.41) is 1.31. The Hall–Kier alpha value is -2.04. The molecule has 2 atom stereocenters. The minimum atomic E-state index is -1.15. The van der Waals surface area contributed by atoms with Crippen molar-refractivity contribution in [2.24, 2.45) is 5.41 Å². The van der Waals surface area contributed by atoms with E-state index in [1.54, 1.807) is 6.20 Å². The van der Waals surface area contributed by atoms with Gasteiger partial charge in [-0.1, -0.05) is 29.4 Å². The van der Waals surface area contributed by atoms with Gasteiger partial charge in [0.1, 0.15) is 15.6 Å². The van der Waals surface area contributed by atoms with Crippen molar-refractivity contribution in [2.75, 3.05) is 23.7 Å². The second-order valence-corrected chi connectivity index (χ2v) is 13.9. The molecule has 10 heteroatoms. The monoisotopic (exact) mass is 542 g/mol. The molecule has 1 aliphatic carbocycles. The van der Waals surface area contributed by atoms with Crippen LogP contribution in [0.4, 0.5) is 11.5 Å². The predicted octanol–water partition coefficient (Wildman–Crippen LogP) is 5.19. The molecule has 36 heavy (non-hydrogen) atoms. The SMILES string of the molecule is CC(C)(C)[S+]([O-])N[C@@H]1c2cccnc2CC12CCN(c1ccc(Sc3ccnc(N)c3Cl)nc1)CC2. The lowest BCUT2D eigenvalue weighted by Gasteiger charge is -2.44. The van der Waals surface area contributed by atoms with E-state index in [1.807, 2.05) is 51.4 Å². The summed E-state index contributed by atoms with van der Waals surface area (Å²) in [6, 6.07) is 10.1. The molecule has 3 N–H and O–H groups in total. The normalized spacial score (nSPS) is 19.9. The number of anilines is 2. The number of hydrogen-bond donors (Lipinski definition) is 2. The van der Waals surface area contributed by atoms with Crippen molar-refractivity contribution in [1.29, 1.82) is 0 Å². The molecule has 1 spiro atoms. The number of nitrogens with zero attached hydrogens (tertiary/aromatic N) is 4. The second kappa shape index (κ2) is 10.0. The van der Waals surface area contributed by atoms with Crippen molar-refractivity contribution in [3.63, 3.8) is 0 Å². The van der Waals surface area contributed by atoms with Gasteiger partial charge in [-0.05, 0) is 69.9 Å². The Labute approximate surface area is 225 Å². The maximum Gasteiger partial charge on any atom is 0.143 e. The molecule has 1 fully saturated rings. The Morgan fingerprint density at radius 2 is 1.92 bits per heavy atom. The zero-order chi connectivity index (χ0) is 25.5. The Morgan fingerprint density at radius 1 is 1.14 bits per heavy atom. The first-order valence-corrected chi connectivity index (χ1v) is 14.4. The molecule has 1 unspecified atom stereocenters. The van der Waals surface area contributed by atoms with E-state index in [-0.39, 0.29) is 16.2 Å². The first-order valence-electron chi connectivity index (χ1n) is 12.1. The highest BCUT2D eigenvalue weighted by atomic mass is 35.5. The van der Waals surface area contributed by atoms with Crippen LogP contribution in [0, 0.1) is 5.41 Å². The summed E-state index contributed by atoms with van der Waals surface area (Å²) in [5.41, 5.74) is 9.26. The molecule has 5 rings (SSSR count). The van der Waals surface area contributed by atoms with Gasteiger partial charge in [-0.25, -0.2) is 9.97 Å². The first-order chi connectivity index (χ1) is 17.2. The number of rotatable bonds is 5. The number of halogens is 1. The van der Waals surface area contributed by atoms with Crippen LogP contribution in [0.5, 0.6) is 0 Å². The second-order valence-electron chi connectivity index (χ2n) is 10.5. The van der Waals surface area contributed by atoms with Gasteiger partial charge in [0.25, 0.3) is 0 Å². The lowest BCUT2D eigenvalue weighted by atomic mass is 9.73. The molecule has 0 radical (unpaired) electrons. The summed E-state index contributed by atoms with van der Waals surface area (Å²) < 4.78 is 16.3. The molecule has 1 aliphatic heterocycles. The van der Waals surface area contributed by atoms with E-state index in [1.165, 1.54) is 17.3 Å². The van der Waals surface area contributed by atoms with Crippen LogP contribution < -0.4 is 15.4 Å². The highest BCUT2D eigenvalue weighted by Gasteiger charge is 2.51. The van der Waals surface area contributed by atoms with E-state index in [2.05, 4.69) is 36.7 Å². The Kier molecular flexibility index (Phi) is 7.13. The Morgan fingerprint density at radius 3 is 2.61 bits per heavy atom. The molecule has 1 saturated heterocycles. The molecular weight excluding hydrogens is 512 g/mol. The molecule has 3 aromatic rings. The number of pyridine rings is 3. The molecule has 0 amide bonds. The number of nitrogens with one attached hydrogen (secondary N) is 1. The van der Waals surface area contributed by atoms with E-state index in [0.717, 1.165) is 53.7 Å². The van der Waals surface area contributed by atoms with Crippen molar-refractivity contribution < 1.29 is 4.55 Å². The van der Waals surface area contributed by atoms with Gasteiger partial charge < -0.3 is 15.2 Å². The van der Waals surface area contributed by atoms with Crippen LogP contribution in [0.2, 0.25) is 5.02 Å². The number of hydrogen-bond acceptors (Lipinski definition) is 8. The number of nitrogens with two attached hydrogens (primary N) is 1. The topological polar surface area (TPSA) is 103 Å². The molecule has 7 nitrogen and oxygen atoms in total. The van der Waals surface area contributed by atoms with Gasteiger partial charge in [0.05, 0.1) is 22.9 Å². The molecule has 2 aliphatic rings. The molecule has 3 aromatic heterocycles. The van der Waals surface area contributed by atoms with Crippen LogP contribution in [0.25, 0.3) is 0 Å². The zero-order valence-electron chi connectivity index (χ0n) is 20.7. The van der Waals surface area contributed by atoms with Crippen molar-refractivity contribution in [3.05, 3.63) is 65.2 Å². The average molecular weight is 543 g/mol. The predicted molar refractivity (Wildman–Crippen MR) is 148 cm³/mol. The third kappa shape index (κ3) is 5.04. The molecule has 4 heterocycles. The highest BCUT2D eigenvalue weighted by Crippen LogP contribution is 2.52. The van der Waals surface area contributed by atoms with Gasteiger partial charge in [-0.2, -0.15) is 0 Å². The fourth-order valence-electron chi connectivity index (χ4n) is 5.03. The van der Waals surface area contributed by atoms with E-state index < -0.39 is 11.4 Å². The largest absolute Gasteiger partial charge is 0.598 e. The lowest BCUT2D eigenvalue weighted by molar-refractivity contribution is 0.175. The standard InChI is InChI=1S/C26H31ClN6OS2/c1-25(2,3)36(34)32-23-18-5-4-11-29-19(18)15-26(23)9-13-33(14-10-26)17-6-7-21(31-16-17)35-20-8-12-30-24(28)22(20)27/h4-8,11-12,16,23,32H,9-10,13-15H2,1-3H3,(H2,28,30)/t23-,36?/m1/s1. The third-order valence-corrected chi connectivity index (χ3v) is 10.2. The van der Waals surface area contributed by atoms with Gasteiger partial charge in [0.2, 0.25) is 0 Å². The number of aromatic nitrogens is 3. The van der Waals surface area contributed by atoms with Crippen molar-refractivity contribution >= 4 is 46.2 Å². The van der Waals surface area contributed by atoms with E-state index >= 15 is 0 Å². The number of nitrogen functional groups attached to an aromatic ring is 1. The Bertz CT molecular complexity index is 1230. The minimum absolute atomic E-state index is 0.00927. The van der Waals surface area contributed by atoms with Crippen LogP contribution in [-0.4, -0.2) is 37.3 Å². The van der Waals surface area contributed by atoms with Crippen LogP contribution in [-0.2, 0) is 17.8 Å². The highest BCUT2D eigenvalue weighted by molar-refractivity contribution is 7.99. The van der Waals surface area contributed by atoms with E-state index in [0.29, 0.717) is 10.8 Å². The molecule has 0 bridgehead atoms. The molecule has 0 saturated carbocycles. The van der Waals surface area contributed by atoms with Crippen LogP contribution in [0.3, 0.4) is 0 Å². The van der Waals surface area contributed by atoms with Gasteiger partial charge in [0, 0.05) is 52.8 Å². The van der Waals surface area contributed by atoms with Crippen molar-refractivity contribution in [3.8, 4) is 0 Å². The molecule has 0 aromatic carbocycles. The van der Waals surface area contributed by atoms with E-state index in [9.17, 15) is 4.55 Å². The summed E-state index contributed by atoms with van der Waals surface area (Å²) in [6.07, 6.45) is 8.34. The summed E-state index contributed by atoms with van der Waals surface area (Å²) >= 11 is 6.60. The quantitative estimate of drug-likeness (QED) is 0.424. The average Bonchev–Trinajstić information content (AvgIpc) is 3.15. The van der Waals surface area contributed by atoms with Gasteiger partial charge in [-0.3, -0.25) is 4.98 Å². The van der Waals surface area contributed by atoms with Gasteiger partial charge in [0.15, 0.2) is 0 Å². The first kappa shape index (κ1) is 25.6. The maximum atomic E-state index is 13.1. The summed E-state index contributed by atoms with van der Waals surface area (Å²) in [6.45, 7) is 7.86.